The summed E-state index contributed by atoms with van der Waals surface area (Å²) in [6.45, 7) is 0.221. The van der Waals surface area contributed by atoms with Gasteiger partial charge in [0.25, 0.3) is 5.91 Å². The van der Waals surface area contributed by atoms with Crippen LogP contribution in [0.5, 0.6) is 0 Å². The lowest BCUT2D eigenvalue weighted by Crippen LogP contribution is -2.30. The fourth-order valence-electron chi connectivity index (χ4n) is 1.28. The SMILES string of the molecule is CN(C)C(=O)CCNC(=O)c1cccc(F)c1Br. The number of benzene rings is 1. The van der Waals surface area contributed by atoms with E-state index in [4.69, 9.17) is 0 Å². The summed E-state index contributed by atoms with van der Waals surface area (Å²) in [6.07, 6.45) is 0.214. The molecular formula is C12H14BrFN2O2. The van der Waals surface area contributed by atoms with E-state index in [0.29, 0.717) is 0 Å². The predicted octanol–water partition coefficient (Wildman–Crippen LogP) is 1.80. The molecule has 1 rings (SSSR count). The van der Waals surface area contributed by atoms with E-state index in [1.54, 1.807) is 14.1 Å². The minimum Gasteiger partial charge on any atom is -0.351 e. The second-order valence-corrected chi connectivity index (χ2v) is 4.69. The second kappa shape index (κ2) is 6.49. The number of carbonyl (C=O) groups excluding carboxylic acids is 2. The first-order chi connectivity index (χ1) is 8.43. The van der Waals surface area contributed by atoms with Crippen molar-refractivity contribution in [1.29, 1.82) is 0 Å². The molecule has 0 bridgehead atoms. The van der Waals surface area contributed by atoms with E-state index >= 15 is 0 Å². The van der Waals surface area contributed by atoms with Gasteiger partial charge in [0.2, 0.25) is 5.91 Å². The third kappa shape index (κ3) is 3.80. The van der Waals surface area contributed by atoms with Crippen molar-refractivity contribution in [3.05, 3.63) is 34.1 Å². The van der Waals surface area contributed by atoms with Crippen LogP contribution in [-0.2, 0) is 4.79 Å². The molecular weight excluding hydrogens is 303 g/mol. The van der Waals surface area contributed by atoms with Crippen LogP contribution in [0, 0.1) is 5.82 Å². The summed E-state index contributed by atoms with van der Waals surface area (Å²) in [6, 6.07) is 4.23. The van der Waals surface area contributed by atoms with Gasteiger partial charge in [-0.25, -0.2) is 4.39 Å². The van der Waals surface area contributed by atoms with Crippen LogP contribution in [0.4, 0.5) is 4.39 Å². The topological polar surface area (TPSA) is 49.4 Å². The van der Waals surface area contributed by atoms with Crippen molar-refractivity contribution in [3.8, 4) is 0 Å². The van der Waals surface area contributed by atoms with Crippen molar-refractivity contribution >= 4 is 27.7 Å². The van der Waals surface area contributed by atoms with E-state index in [-0.39, 0.29) is 28.9 Å². The van der Waals surface area contributed by atoms with Gasteiger partial charge < -0.3 is 10.2 Å². The fourth-order valence-corrected chi connectivity index (χ4v) is 1.73. The van der Waals surface area contributed by atoms with Crippen LogP contribution in [0.3, 0.4) is 0 Å². The maximum Gasteiger partial charge on any atom is 0.252 e. The quantitative estimate of drug-likeness (QED) is 0.920. The molecule has 0 saturated carbocycles. The Bertz CT molecular complexity index is 463. The zero-order valence-corrected chi connectivity index (χ0v) is 11.8. The molecule has 0 atom stereocenters. The highest BCUT2D eigenvalue weighted by Crippen LogP contribution is 2.20. The first-order valence-corrected chi connectivity index (χ1v) is 6.15. The third-order valence-corrected chi connectivity index (χ3v) is 3.13. The van der Waals surface area contributed by atoms with Gasteiger partial charge in [-0.3, -0.25) is 9.59 Å². The Kier molecular flexibility index (Phi) is 5.27. The normalized spacial score (nSPS) is 10.0. The molecule has 18 heavy (non-hydrogen) atoms. The van der Waals surface area contributed by atoms with Gasteiger partial charge in [-0.05, 0) is 28.1 Å². The summed E-state index contributed by atoms with van der Waals surface area (Å²) in [5.41, 5.74) is 0.215. The Morgan fingerprint density at radius 3 is 2.67 bits per heavy atom. The summed E-state index contributed by atoms with van der Waals surface area (Å²) in [7, 11) is 3.29. The van der Waals surface area contributed by atoms with Gasteiger partial charge in [0.05, 0.1) is 10.0 Å². The fraction of sp³-hybridized carbons (Fsp3) is 0.333. The molecule has 0 aromatic heterocycles. The molecule has 0 spiro atoms. The van der Waals surface area contributed by atoms with Gasteiger partial charge in [0, 0.05) is 27.1 Å². The number of nitrogens with one attached hydrogen (secondary N) is 1. The smallest absolute Gasteiger partial charge is 0.252 e. The maximum atomic E-state index is 13.2. The Balaban J connectivity index is 2.56. The van der Waals surface area contributed by atoms with Crippen molar-refractivity contribution in [2.75, 3.05) is 20.6 Å². The van der Waals surface area contributed by atoms with Gasteiger partial charge in [0.1, 0.15) is 5.82 Å². The van der Waals surface area contributed by atoms with Crippen molar-refractivity contribution in [2.45, 2.75) is 6.42 Å². The number of carbonyl (C=O) groups is 2. The molecule has 0 aliphatic carbocycles. The van der Waals surface area contributed by atoms with Gasteiger partial charge >= 0.3 is 0 Å². The highest BCUT2D eigenvalue weighted by Gasteiger charge is 2.13. The minimum atomic E-state index is -0.494. The number of amides is 2. The zero-order valence-electron chi connectivity index (χ0n) is 10.2. The molecule has 98 valence electrons. The predicted molar refractivity (Wildman–Crippen MR) is 69.7 cm³/mol. The summed E-state index contributed by atoms with van der Waals surface area (Å²) >= 11 is 3.01. The average molecular weight is 317 g/mol. The Hall–Kier alpha value is -1.43. The van der Waals surface area contributed by atoms with E-state index in [1.165, 1.54) is 23.1 Å². The van der Waals surface area contributed by atoms with Gasteiger partial charge in [0.15, 0.2) is 0 Å². The molecule has 0 fully saturated rings. The van der Waals surface area contributed by atoms with E-state index < -0.39 is 11.7 Å². The highest BCUT2D eigenvalue weighted by atomic mass is 79.9. The number of hydrogen-bond donors (Lipinski definition) is 1. The second-order valence-electron chi connectivity index (χ2n) is 3.90. The Morgan fingerprint density at radius 2 is 2.06 bits per heavy atom. The maximum absolute atomic E-state index is 13.2. The molecule has 0 saturated heterocycles. The molecule has 6 heteroatoms. The van der Waals surface area contributed by atoms with Crippen molar-refractivity contribution in [3.63, 3.8) is 0 Å². The molecule has 1 N–H and O–H groups in total. The molecule has 1 aromatic rings. The van der Waals surface area contributed by atoms with Gasteiger partial charge in [-0.2, -0.15) is 0 Å². The van der Waals surface area contributed by atoms with Crippen LogP contribution in [0.15, 0.2) is 22.7 Å². The van der Waals surface area contributed by atoms with Crippen molar-refractivity contribution in [1.82, 2.24) is 10.2 Å². The molecule has 2 amide bonds. The largest absolute Gasteiger partial charge is 0.351 e. The Morgan fingerprint density at radius 1 is 1.39 bits per heavy atom. The van der Waals surface area contributed by atoms with Crippen LogP contribution in [0.1, 0.15) is 16.8 Å². The summed E-state index contributed by atoms with van der Waals surface area (Å²) in [5.74, 6) is -0.978. The molecule has 0 unspecified atom stereocenters. The molecule has 0 aliphatic rings. The van der Waals surface area contributed by atoms with Crippen molar-refractivity contribution in [2.24, 2.45) is 0 Å². The molecule has 0 aliphatic heterocycles. The lowest BCUT2D eigenvalue weighted by atomic mass is 10.2. The first kappa shape index (κ1) is 14.6. The number of hydrogen-bond acceptors (Lipinski definition) is 2. The molecule has 0 radical (unpaired) electrons. The van der Waals surface area contributed by atoms with Crippen LogP contribution in [0.2, 0.25) is 0 Å². The lowest BCUT2D eigenvalue weighted by molar-refractivity contribution is -0.128. The monoisotopic (exact) mass is 316 g/mol. The minimum absolute atomic E-state index is 0.0754. The summed E-state index contributed by atoms with van der Waals surface area (Å²) < 4.78 is 13.3. The van der Waals surface area contributed by atoms with E-state index in [2.05, 4.69) is 21.2 Å². The summed E-state index contributed by atoms with van der Waals surface area (Å²) in [4.78, 5) is 24.5. The molecule has 1 aromatic carbocycles. The summed E-state index contributed by atoms with van der Waals surface area (Å²) in [5, 5.41) is 2.57. The van der Waals surface area contributed by atoms with Crippen LogP contribution < -0.4 is 5.32 Å². The van der Waals surface area contributed by atoms with E-state index in [0.717, 1.165) is 0 Å². The third-order valence-electron chi connectivity index (χ3n) is 2.32. The van der Waals surface area contributed by atoms with E-state index in [9.17, 15) is 14.0 Å². The number of rotatable bonds is 4. The number of halogens is 2. The Labute approximate surface area is 113 Å². The standard InChI is InChI=1S/C12H14BrFN2O2/c1-16(2)10(17)6-7-15-12(18)8-4-3-5-9(14)11(8)13/h3-5H,6-7H2,1-2H3,(H,15,18). The highest BCUT2D eigenvalue weighted by molar-refractivity contribution is 9.10. The lowest BCUT2D eigenvalue weighted by Gasteiger charge is -2.11. The zero-order chi connectivity index (χ0) is 13.7. The van der Waals surface area contributed by atoms with Crippen LogP contribution >= 0.6 is 15.9 Å². The van der Waals surface area contributed by atoms with Crippen LogP contribution in [0.25, 0.3) is 0 Å². The average Bonchev–Trinajstić information content (AvgIpc) is 2.32. The van der Waals surface area contributed by atoms with Gasteiger partial charge in [-0.1, -0.05) is 6.07 Å². The molecule has 4 nitrogen and oxygen atoms in total. The van der Waals surface area contributed by atoms with Crippen LogP contribution in [-0.4, -0.2) is 37.4 Å². The first-order valence-electron chi connectivity index (χ1n) is 5.36. The van der Waals surface area contributed by atoms with E-state index in [1.807, 2.05) is 0 Å². The number of nitrogens with zero attached hydrogens (tertiary/aromatic N) is 1. The van der Waals surface area contributed by atoms with Gasteiger partial charge in [-0.15, -0.1) is 0 Å². The molecule has 0 heterocycles. The van der Waals surface area contributed by atoms with Crippen molar-refractivity contribution < 1.29 is 14.0 Å².